The molecule has 0 N–H and O–H groups in total. The number of rotatable bonds is 2. The molecule has 1 aromatic heterocycles. The van der Waals surface area contributed by atoms with Crippen molar-refractivity contribution in [1.82, 2.24) is 5.16 Å². The van der Waals surface area contributed by atoms with E-state index in [0.717, 1.165) is 35.8 Å². The zero-order valence-corrected chi connectivity index (χ0v) is 9.43. The van der Waals surface area contributed by atoms with Crippen molar-refractivity contribution < 1.29 is 9.26 Å². The van der Waals surface area contributed by atoms with Crippen LogP contribution in [0.2, 0.25) is 0 Å². The summed E-state index contributed by atoms with van der Waals surface area (Å²) in [6.07, 6.45) is 0.838. The van der Waals surface area contributed by atoms with Crippen molar-refractivity contribution in [3.05, 3.63) is 17.0 Å². The van der Waals surface area contributed by atoms with E-state index in [4.69, 9.17) is 9.26 Å². The van der Waals surface area contributed by atoms with Gasteiger partial charge in [0.05, 0.1) is 18.9 Å². The van der Waals surface area contributed by atoms with E-state index in [1.54, 1.807) is 0 Å². The van der Waals surface area contributed by atoms with Gasteiger partial charge in [-0.3, -0.25) is 0 Å². The Labute approximate surface area is 89.2 Å². The minimum atomic E-state index is -0.0408. The third kappa shape index (κ3) is 1.57. The molecule has 0 aliphatic carbocycles. The third-order valence-corrected chi connectivity index (χ3v) is 3.42. The van der Waals surface area contributed by atoms with E-state index in [0.29, 0.717) is 6.61 Å². The van der Waals surface area contributed by atoms with Gasteiger partial charge in [0.25, 0.3) is 0 Å². The first-order valence-electron chi connectivity index (χ1n) is 4.81. The van der Waals surface area contributed by atoms with Crippen LogP contribution in [0.3, 0.4) is 0 Å². The lowest BCUT2D eigenvalue weighted by atomic mass is 9.88. The lowest BCUT2D eigenvalue weighted by Gasteiger charge is -2.21. The molecule has 2 heterocycles. The maximum Gasteiger partial charge on any atom is 0.144 e. The van der Waals surface area contributed by atoms with E-state index >= 15 is 0 Å². The summed E-state index contributed by atoms with van der Waals surface area (Å²) < 4.78 is 10.7. The summed E-state index contributed by atoms with van der Waals surface area (Å²) in [6, 6.07) is 0. The standard InChI is InChI=1S/C10H15NO2S/c1-10(2,6-14)9-7-5-12-4-3-8(7)13-11-9/h14H,3-6H2,1-2H3. The first-order valence-corrected chi connectivity index (χ1v) is 5.45. The molecule has 0 unspecified atom stereocenters. The molecule has 3 nitrogen and oxygen atoms in total. The number of hydrogen-bond donors (Lipinski definition) is 1. The second-order valence-electron chi connectivity index (χ2n) is 4.28. The van der Waals surface area contributed by atoms with Gasteiger partial charge in [0, 0.05) is 23.2 Å². The lowest BCUT2D eigenvalue weighted by Crippen LogP contribution is -2.23. The summed E-state index contributed by atoms with van der Waals surface area (Å²) in [5.74, 6) is 1.74. The van der Waals surface area contributed by atoms with Crippen molar-refractivity contribution >= 4 is 12.6 Å². The minimum Gasteiger partial charge on any atom is -0.376 e. The Balaban J connectivity index is 2.39. The smallest absolute Gasteiger partial charge is 0.144 e. The second kappa shape index (κ2) is 3.59. The Hall–Kier alpha value is -0.480. The molecule has 14 heavy (non-hydrogen) atoms. The SMILES string of the molecule is CC(C)(CS)c1noc2c1COCC2. The Morgan fingerprint density at radius 1 is 1.50 bits per heavy atom. The molecule has 1 aromatic rings. The lowest BCUT2D eigenvalue weighted by molar-refractivity contribution is 0.102. The molecule has 1 aliphatic heterocycles. The van der Waals surface area contributed by atoms with E-state index in [1.165, 1.54) is 0 Å². The molecular weight excluding hydrogens is 198 g/mol. The molecule has 0 aromatic carbocycles. The molecule has 78 valence electrons. The Morgan fingerprint density at radius 3 is 3.00 bits per heavy atom. The summed E-state index contributed by atoms with van der Waals surface area (Å²) in [5.41, 5.74) is 2.10. The Bertz CT molecular complexity index is 333. The largest absolute Gasteiger partial charge is 0.376 e. The molecule has 0 bridgehead atoms. The zero-order valence-electron chi connectivity index (χ0n) is 8.54. The molecule has 0 fully saturated rings. The van der Waals surface area contributed by atoms with E-state index in [-0.39, 0.29) is 5.41 Å². The highest BCUT2D eigenvalue weighted by molar-refractivity contribution is 7.80. The highest BCUT2D eigenvalue weighted by atomic mass is 32.1. The average Bonchev–Trinajstić information content (AvgIpc) is 2.61. The molecule has 0 spiro atoms. The fourth-order valence-corrected chi connectivity index (χ4v) is 1.78. The summed E-state index contributed by atoms with van der Waals surface area (Å²) in [5, 5.41) is 4.14. The van der Waals surface area contributed by atoms with Gasteiger partial charge in [-0.15, -0.1) is 0 Å². The summed E-state index contributed by atoms with van der Waals surface area (Å²) >= 11 is 4.33. The van der Waals surface area contributed by atoms with Crippen LogP contribution in [0.1, 0.15) is 30.9 Å². The molecule has 0 saturated carbocycles. The van der Waals surface area contributed by atoms with E-state index in [9.17, 15) is 0 Å². The molecule has 1 aliphatic rings. The molecule has 0 radical (unpaired) electrons. The average molecular weight is 213 g/mol. The quantitative estimate of drug-likeness (QED) is 0.763. The van der Waals surface area contributed by atoms with E-state index in [2.05, 4.69) is 31.6 Å². The predicted molar refractivity (Wildman–Crippen MR) is 56.7 cm³/mol. The minimum absolute atomic E-state index is 0.0408. The maximum atomic E-state index is 5.41. The van der Waals surface area contributed by atoms with Gasteiger partial charge in [0.1, 0.15) is 5.76 Å². The van der Waals surface area contributed by atoms with Crippen LogP contribution < -0.4 is 0 Å². The molecule has 0 saturated heterocycles. The predicted octanol–water partition coefficient (Wildman–Crippen LogP) is 1.95. The highest BCUT2D eigenvalue weighted by Crippen LogP contribution is 2.31. The summed E-state index contributed by atoms with van der Waals surface area (Å²) in [7, 11) is 0. The number of thiol groups is 1. The molecular formula is C10H15NO2S. The van der Waals surface area contributed by atoms with Gasteiger partial charge in [-0.1, -0.05) is 19.0 Å². The van der Waals surface area contributed by atoms with E-state index < -0.39 is 0 Å². The monoisotopic (exact) mass is 213 g/mol. The van der Waals surface area contributed by atoms with Gasteiger partial charge < -0.3 is 9.26 Å². The fraction of sp³-hybridized carbons (Fsp3) is 0.700. The number of hydrogen-bond acceptors (Lipinski definition) is 4. The number of ether oxygens (including phenoxy) is 1. The first-order chi connectivity index (χ1) is 6.65. The number of nitrogens with zero attached hydrogens (tertiary/aromatic N) is 1. The van der Waals surface area contributed by atoms with Gasteiger partial charge in [0.2, 0.25) is 0 Å². The van der Waals surface area contributed by atoms with Crippen LogP contribution in [-0.4, -0.2) is 17.5 Å². The number of fused-ring (bicyclic) bond motifs is 1. The Kier molecular flexibility index (Phi) is 2.58. The fourth-order valence-electron chi connectivity index (χ4n) is 1.63. The van der Waals surface area contributed by atoms with Crippen molar-refractivity contribution in [1.29, 1.82) is 0 Å². The number of aromatic nitrogens is 1. The second-order valence-corrected chi connectivity index (χ2v) is 4.59. The molecule has 0 amide bonds. The molecule has 0 atom stereocenters. The van der Waals surface area contributed by atoms with Gasteiger partial charge in [-0.25, -0.2) is 0 Å². The van der Waals surface area contributed by atoms with Crippen LogP contribution in [0, 0.1) is 0 Å². The van der Waals surface area contributed by atoms with Crippen molar-refractivity contribution in [3.8, 4) is 0 Å². The maximum absolute atomic E-state index is 5.41. The van der Waals surface area contributed by atoms with Crippen LogP contribution >= 0.6 is 12.6 Å². The van der Waals surface area contributed by atoms with Crippen molar-refractivity contribution in [2.24, 2.45) is 0 Å². The van der Waals surface area contributed by atoms with Crippen molar-refractivity contribution in [2.45, 2.75) is 32.3 Å². The Morgan fingerprint density at radius 2 is 2.29 bits per heavy atom. The van der Waals surface area contributed by atoms with Crippen LogP contribution in [0.25, 0.3) is 0 Å². The van der Waals surface area contributed by atoms with Crippen molar-refractivity contribution in [3.63, 3.8) is 0 Å². The van der Waals surface area contributed by atoms with Crippen molar-refractivity contribution in [2.75, 3.05) is 12.4 Å². The normalized spacial score (nSPS) is 16.8. The molecule has 4 heteroatoms. The van der Waals surface area contributed by atoms with Gasteiger partial charge >= 0.3 is 0 Å². The summed E-state index contributed by atoms with van der Waals surface area (Å²) in [6.45, 7) is 5.60. The van der Waals surface area contributed by atoms with Crippen LogP contribution in [0.4, 0.5) is 0 Å². The van der Waals surface area contributed by atoms with Gasteiger partial charge in [0.15, 0.2) is 0 Å². The van der Waals surface area contributed by atoms with Crippen LogP contribution in [-0.2, 0) is 23.2 Å². The topological polar surface area (TPSA) is 35.3 Å². The van der Waals surface area contributed by atoms with Gasteiger partial charge in [-0.2, -0.15) is 12.6 Å². The zero-order chi connectivity index (χ0) is 10.2. The van der Waals surface area contributed by atoms with Crippen LogP contribution in [0.5, 0.6) is 0 Å². The molecule has 2 rings (SSSR count). The third-order valence-electron chi connectivity index (χ3n) is 2.63. The summed E-state index contributed by atoms with van der Waals surface area (Å²) in [4.78, 5) is 0. The van der Waals surface area contributed by atoms with E-state index in [1.807, 2.05) is 0 Å². The first kappa shape index (κ1) is 10.1. The van der Waals surface area contributed by atoms with Crippen LogP contribution in [0.15, 0.2) is 4.52 Å². The highest BCUT2D eigenvalue weighted by Gasteiger charge is 2.30. The van der Waals surface area contributed by atoms with Gasteiger partial charge in [-0.05, 0) is 0 Å².